The maximum absolute atomic E-state index is 13.1. The summed E-state index contributed by atoms with van der Waals surface area (Å²) in [5, 5.41) is 6.45. The van der Waals surface area contributed by atoms with Gasteiger partial charge in [0.2, 0.25) is 5.91 Å². The largest absolute Gasteiger partial charge is 0.496 e. The zero-order chi connectivity index (χ0) is 22.8. The molecule has 0 bridgehead atoms. The summed E-state index contributed by atoms with van der Waals surface area (Å²) in [6.45, 7) is 6.55. The first-order chi connectivity index (χ1) is 15.6. The quantitative estimate of drug-likeness (QED) is 0.291. The molecule has 1 amide bonds. The summed E-state index contributed by atoms with van der Waals surface area (Å²) in [6.07, 6.45) is 0.398. The lowest BCUT2D eigenvalue weighted by Gasteiger charge is -2.36. The van der Waals surface area contributed by atoms with Crippen molar-refractivity contribution in [3.8, 4) is 5.75 Å². The number of aliphatic imine (C=N–C) groups is 1. The van der Waals surface area contributed by atoms with E-state index in [1.165, 1.54) is 12.1 Å². The van der Waals surface area contributed by atoms with Crippen LogP contribution in [0, 0.1) is 5.82 Å². The summed E-state index contributed by atoms with van der Waals surface area (Å²) in [5.41, 5.74) is 1.99. The van der Waals surface area contributed by atoms with Crippen LogP contribution in [0.1, 0.15) is 18.9 Å². The van der Waals surface area contributed by atoms with Gasteiger partial charge in [0.1, 0.15) is 11.6 Å². The van der Waals surface area contributed by atoms with Gasteiger partial charge in [-0.1, -0.05) is 18.2 Å². The highest BCUT2D eigenvalue weighted by Gasteiger charge is 2.21. The van der Waals surface area contributed by atoms with Gasteiger partial charge >= 0.3 is 0 Å². The van der Waals surface area contributed by atoms with Crippen molar-refractivity contribution < 1.29 is 13.9 Å². The molecule has 33 heavy (non-hydrogen) atoms. The minimum atomic E-state index is -0.238. The molecule has 180 valence electrons. The zero-order valence-corrected chi connectivity index (χ0v) is 21.6. The molecule has 0 radical (unpaired) electrons. The Morgan fingerprint density at radius 2 is 1.76 bits per heavy atom. The number of rotatable bonds is 8. The fraction of sp³-hybridized carbons (Fsp3) is 0.417. The minimum Gasteiger partial charge on any atom is -0.496 e. The van der Waals surface area contributed by atoms with Gasteiger partial charge in [0, 0.05) is 56.9 Å². The Labute approximate surface area is 212 Å². The van der Waals surface area contributed by atoms with E-state index in [1.54, 1.807) is 19.2 Å². The van der Waals surface area contributed by atoms with Crippen LogP contribution >= 0.6 is 24.0 Å². The Kier molecular flexibility index (Phi) is 11.2. The van der Waals surface area contributed by atoms with E-state index in [0.29, 0.717) is 38.6 Å². The number of hydrogen-bond acceptors (Lipinski definition) is 4. The molecule has 9 heteroatoms. The first kappa shape index (κ1) is 26.7. The summed E-state index contributed by atoms with van der Waals surface area (Å²) in [4.78, 5) is 21.3. The molecule has 0 saturated carbocycles. The van der Waals surface area contributed by atoms with E-state index in [2.05, 4.69) is 20.5 Å². The van der Waals surface area contributed by atoms with Crippen LogP contribution in [0.2, 0.25) is 0 Å². The Bertz CT molecular complexity index is 902. The molecular weight excluding hydrogens is 536 g/mol. The Balaban J connectivity index is 0.00000385. The van der Waals surface area contributed by atoms with Crippen molar-refractivity contribution in [2.75, 3.05) is 51.3 Å². The maximum Gasteiger partial charge on any atom is 0.224 e. The number of para-hydroxylation sites is 1. The van der Waals surface area contributed by atoms with E-state index in [-0.39, 0.29) is 35.7 Å². The van der Waals surface area contributed by atoms with Gasteiger partial charge in [0.15, 0.2) is 5.96 Å². The highest BCUT2D eigenvalue weighted by atomic mass is 127. The molecule has 2 aromatic rings. The summed E-state index contributed by atoms with van der Waals surface area (Å²) in [5.74, 6) is 1.37. The molecule has 0 aliphatic carbocycles. The van der Waals surface area contributed by atoms with Gasteiger partial charge in [-0.05, 0) is 37.3 Å². The maximum atomic E-state index is 13.1. The smallest absolute Gasteiger partial charge is 0.224 e. The van der Waals surface area contributed by atoms with E-state index in [1.807, 2.05) is 36.1 Å². The van der Waals surface area contributed by atoms with Crippen LogP contribution in [0.3, 0.4) is 0 Å². The number of carbonyl (C=O) groups is 1. The Hall–Kier alpha value is -2.56. The molecule has 0 unspecified atom stereocenters. The second kappa shape index (κ2) is 13.9. The molecule has 1 fully saturated rings. The van der Waals surface area contributed by atoms with Crippen LogP contribution in [0.25, 0.3) is 0 Å². The average Bonchev–Trinajstić information content (AvgIpc) is 2.83. The number of ether oxygens (including phenoxy) is 1. The standard InChI is InChI=1S/C24H32FN5O2.HI/c1-3-26-24(28-18-19-6-4-5-7-22(19)32-2)27-13-12-23(31)30-16-14-29(15-17-30)21-10-8-20(25)9-11-21;/h4-11H,3,12-18H2,1-2H3,(H2,26,27,28);1H. The number of hydrogen-bond donors (Lipinski definition) is 2. The number of nitrogens with zero attached hydrogens (tertiary/aromatic N) is 3. The Morgan fingerprint density at radius 1 is 1.06 bits per heavy atom. The van der Waals surface area contributed by atoms with Gasteiger partial charge in [-0.2, -0.15) is 0 Å². The van der Waals surface area contributed by atoms with Crippen molar-refractivity contribution >= 4 is 41.5 Å². The van der Waals surface area contributed by atoms with Crippen LogP contribution in [0.4, 0.5) is 10.1 Å². The number of guanidine groups is 1. The third kappa shape index (κ3) is 8.06. The second-order valence-corrected chi connectivity index (χ2v) is 7.53. The van der Waals surface area contributed by atoms with E-state index in [0.717, 1.165) is 36.6 Å². The lowest BCUT2D eigenvalue weighted by Crippen LogP contribution is -2.49. The van der Waals surface area contributed by atoms with Crippen LogP contribution in [-0.2, 0) is 11.3 Å². The normalized spacial score (nSPS) is 13.8. The number of benzene rings is 2. The summed E-state index contributed by atoms with van der Waals surface area (Å²) in [7, 11) is 1.65. The van der Waals surface area contributed by atoms with E-state index < -0.39 is 0 Å². The number of anilines is 1. The first-order valence-corrected chi connectivity index (χ1v) is 11.0. The average molecular weight is 569 g/mol. The summed E-state index contributed by atoms with van der Waals surface area (Å²) < 4.78 is 18.5. The second-order valence-electron chi connectivity index (χ2n) is 7.53. The molecule has 3 rings (SSSR count). The van der Waals surface area contributed by atoms with Crippen molar-refractivity contribution in [2.45, 2.75) is 19.9 Å². The van der Waals surface area contributed by atoms with Crippen LogP contribution < -0.4 is 20.3 Å². The fourth-order valence-electron chi connectivity index (χ4n) is 3.65. The third-order valence-corrected chi connectivity index (χ3v) is 5.40. The van der Waals surface area contributed by atoms with Crippen molar-refractivity contribution in [1.29, 1.82) is 0 Å². The van der Waals surface area contributed by atoms with Crippen LogP contribution in [0.5, 0.6) is 5.75 Å². The highest BCUT2D eigenvalue weighted by molar-refractivity contribution is 14.0. The molecule has 0 spiro atoms. The monoisotopic (exact) mass is 569 g/mol. The van der Waals surface area contributed by atoms with Gasteiger partial charge in [0.25, 0.3) is 0 Å². The molecule has 1 saturated heterocycles. The van der Waals surface area contributed by atoms with Crippen molar-refractivity contribution in [2.24, 2.45) is 4.99 Å². The minimum absolute atomic E-state index is 0. The van der Waals surface area contributed by atoms with Crippen LogP contribution in [-0.4, -0.2) is 63.1 Å². The Morgan fingerprint density at radius 3 is 2.42 bits per heavy atom. The van der Waals surface area contributed by atoms with Gasteiger partial charge in [-0.25, -0.2) is 9.38 Å². The summed E-state index contributed by atoms with van der Waals surface area (Å²) in [6, 6.07) is 14.3. The molecule has 2 aromatic carbocycles. The highest BCUT2D eigenvalue weighted by Crippen LogP contribution is 2.18. The number of methoxy groups -OCH3 is 1. The fourth-order valence-corrected chi connectivity index (χ4v) is 3.65. The van der Waals surface area contributed by atoms with Gasteiger partial charge < -0.3 is 25.2 Å². The lowest BCUT2D eigenvalue weighted by atomic mass is 10.2. The molecule has 1 aliphatic heterocycles. The third-order valence-electron chi connectivity index (χ3n) is 5.40. The molecular formula is C24H33FIN5O2. The topological polar surface area (TPSA) is 69.2 Å². The molecule has 7 nitrogen and oxygen atoms in total. The predicted octanol–water partition coefficient (Wildman–Crippen LogP) is 3.25. The molecule has 0 atom stereocenters. The van der Waals surface area contributed by atoms with Gasteiger partial charge in [-0.3, -0.25) is 4.79 Å². The number of amides is 1. The van der Waals surface area contributed by atoms with Crippen molar-refractivity contribution in [3.63, 3.8) is 0 Å². The summed E-state index contributed by atoms with van der Waals surface area (Å²) >= 11 is 0. The number of piperazine rings is 1. The zero-order valence-electron chi connectivity index (χ0n) is 19.2. The van der Waals surface area contributed by atoms with E-state index in [4.69, 9.17) is 4.74 Å². The SMILES string of the molecule is CCNC(=NCc1ccccc1OC)NCCC(=O)N1CCN(c2ccc(F)cc2)CC1.I. The van der Waals surface area contributed by atoms with Crippen molar-refractivity contribution in [3.05, 3.63) is 59.9 Å². The van der Waals surface area contributed by atoms with Crippen molar-refractivity contribution in [1.82, 2.24) is 15.5 Å². The number of carbonyl (C=O) groups excluding carboxylic acids is 1. The number of nitrogens with one attached hydrogen (secondary N) is 2. The first-order valence-electron chi connectivity index (χ1n) is 11.0. The van der Waals surface area contributed by atoms with Gasteiger partial charge in [0.05, 0.1) is 13.7 Å². The number of halogens is 2. The van der Waals surface area contributed by atoms with Crippen LogP contribution in [0.15, 0.2) is 53.5 Å². The van der Waals surface area contributed by atoms with E-state index >= 15 is 0 Å². The molecule has 1 heterocycles. The molecule has 2 N–H and O–H groups in total. The van der Waals surface area contributed by atoms with E-state index in [9.17, 15) is 9.18 Å². The molecule has 1 aliphatic rings. The predicted molar refractivity (Wildman–Crippen MR) is 141 cm³/mol. The van der Waals surface area contributed by atoms with Gasteiger partial charge in [-0.15, -0.1) is 24.0 Å². The lowest BCUT2D eigenvalue weighted by molar-refractivity contribution is -0.131. The molecule has 0 aromatic heterocycles.